The number of para-hydroxylation sites is 2. The fourth-order valence-corrected chi connectivity index (χ4v) is 6.75. The number of nitrogens with zero attached hydrogens (tertiary/aromatic N) is 1. The van der Waals surface area contributed by atoms with Gasteiger partial charge in [0.05, 0.1) is 11.4 Å². The Hall–Kier alpha value is -4.76. The van der Waals surface area contributed by atoms with Crippen molar-refractivity contribution in [3.8, 4) is 5.75 Å². The molecule has 4 heterocycles. The Morgan fingerprint density at radius 1 is 0.974 bits per heavy atom. The third-order valence-electron chi connectivity index (χ3n) is 8.26. The number of benzene rings is 3. The molecule has 3 aliphatic rings. The van der Waals surface area contributed by atoms with Gasteiger partial charge in [0.1, 0.15) is 23.6 Å². The third kappa shape index (κ3) is 3.29. The number of anilines is 2. The highest BCUT2D eigenvalue weighted by Gasteiger charge is 2.74. The quantitative estimate of drug-likeness (QED) is 0.216. The normalized spacial score (nSPS) is 25.3. The number of H-pyrrole nitrogens is 1. The standard InChI is InChI=1S/C30H24N4O5/c1-16(35)39-19-12-10-18(11-13-19)34-27(36)25-24(14-17-15-31-22-8-4-2-6-20(17)22)33-30(26(25)28(34)37)21-7-3-5-9-23(21)32-29(30)38/h2-13,15,24-26,31,33H,14H2,1H3,(H,32,38)/p+1/t24?,25?,26?,30-/m0/s1. The molecular weight excluding hydrogens is 496 g/mol. The van der Waals surface area contributed by atoms with Crippen LogP contribution < -0.4 is 20.3 Å². The van der Waals surface area contributed by atoms with Gasteiger partial charge in [0.25, 0.3) is 5.91 Å². The number of esters is 1. The summed E-state index contributed by atoms with van der Waals surface area (Å²) in [5, 5.41) is 5.96. The van der Waals surface area contributed by atoms with E-state index in [1.54, 1.807) is 24.3 Å². The van der Waals surface area contributed by atoms with Crippen LogP contribution in [-0.4, -0.2) is 34.7 Å². The van der Waals surface area contributed by atoms with Gasteiger partial charge >= 0.3 is 5.97 Å². The highest BCUT2D eigenvalue weighted by molar-refractivity contribution is 6.25. The second kappa shape index (κ2) is 8.37. The minimum atomic E-state index is -1.25. The number of rotatable bonds is 4. The Morgan fingerprint density at radius 3 is 2.51 bits per heavy atom. The second-order valence-corrected chi connectivity index (χ2v) is 10.4. The maximum absolute atomic E-state index is 14.2. The lowest BCUT2D eigenvalue weighted by Gasteiger charge is -2.26. The number of ether oxygens (including phenoxy) is 1. The Bertz CT molecular complexity index is 1690. The van der Waals surface area contributed by atoms with Gasteiger partial charge in [-0.15, -0.1) is 0 Å². The van der Waals surface area contributed by atoms with Crippen molar-refractivity contribution in [2.45, 2.75) is 24.9 Å². The van der Waals surface area contributed by atoms with Gasteiger partial charge in [0, 0.05) is 36.0 Å². The number of carbonyl (C=O) groups is 4. The van der Waals surface area contributed by atoms with Crippen LogP contribution in [0.1, 0.15) is 18.1 Å². The van der Waals surface area contributed by atoms with Gasteiger partial charge in [0.15, 0.2) is 0 Å². The average molecular weight is 522 g/mol. The first-order valence-electron chi connectivity index (χ1n) is 12.9. The predicted molar refractivity (Wildman–Crippen MR) is 142 cm³/mol. The zero-order chi connectivity index (χ0) is 26.9. The molecule has 3 aliphatic heterocycles. The summed E-state index contributed by atoms with van der Waals surface area (Å²) in [5.74, 6) is -2.76. The Labute approximate surface area is 223 Å². The van der Waals surface area contributed by atoms with Crippen molar-refractivity contribution in [1.29, 1.82) is 0 Å². The van der Waals surface area contributed by atoms with E-state index in [4.69, 9.17) is 4.74 Å². The van der Waals surface area contributed by atoms with E-state index < -0.39 is 29.3 Å². The minimum absolute atomic E-state index is 0.284. The average Bonchev–Trinajstić information content (AvgIpc) is 3.63. The van der Waals surface area contributed by atoms with Gasteiger partial charge in [-0.25, -0.2) is 4.90 Å². The van der Waals surface area contributed by atoms with Crippen molar-refractivity contribution < 1.29 is 29.2 Å². The number of fused-ring (bicyclic) bond motifs is 5. The summed E-state index contributed by atoms with van der Waals surface area (Å²) in [6.45, 7) is 1.30. The third-order valence-corrected chi connectivity index (χ3v) is 8.26. The zero-order valence-electron chi connectivity index (χ0n) is 21.0. The maximum atomic E-state index is 14.2. The molecule has 9 heteroatoms. The fourth-order valence-electron chi connectivity index (χ4n) is 6.75. The van der Waals surface area contributed by atoms with Crippen LogP contribution in [0, 0.1) is 11.8 Å². The number of amides is 3. The smallest absolute Gasteiger partial charge is 0.308 e. The van der Waals surface area contributed by atoms with E-state index >= 15 is 0 Å². The van der Waals surface area contributed by atoms with Crippen molar-refractivity contribution >= 4 is 46.0 Å². The van der Waals surface area contributed by atoms with Crippen molar-refractivity contribution in [2.24, 2.45) is 11.8 Å². The molecule has 4 atom stereocenters. The lowest BCUT2D eigenvalue weighted by molar-refractivity contribution is -0.733. The van der Waals surface area contributed by atoms with E-state index in [0.29, 0.717) is 23.5 Å². The van der Waals surface area contributed by atoms with Crippen LogP contribution >= 0.6 is 0 Å². The molecule has 9 nitrogen and oxygen atoms in total. The number of hydrogen-bond donors (Lipinski definition) is 3. The van der Waals surface area contributed by atoms with Crippen LogP contribution in [0.5, 0.6) is 5.75 Å². The van der Waals surface area contributed by atoms with Crippen LogP contribution in [-0.2, 0) is 31.1 Å². The van der Waals surface area contributed by atoms with E-state index in [-0.39, 0.29) is 17.9 Å². The lowest BCUT2D eigenvalue weighted by atomic mass is 9.76. The molecule has 2 fully saturated rings. The summed E-state index contributed by atoms with van der Waals surface area (Å²) in [7, 11) is 0. The number of imide groups is 1. The molecule has 0 radical (unpaired) electrons. The molecule has 39 heavy (non-hydrogen) atoms. The first kappa shape index (κ1) is 23.4. The van der Waals surface area contributed by atoms with Crippen LogP contribution in [0.3, 0.4) is 0 Å². The summed E-state index contributed by atoms with van der Waals surface area (Å²) in [4.78, 5) is 57.8. The first-order chi connectivity index (χ1) is 18.9. The predicted octanol–water partition coefficient (Wildman–Crippen LogP) is 2.23. The number of carbonyl (C=O) groups excluding carboxylic acids is 4. The second-order valence-electron chi connectivity index (χ2n) is 10.4. The molecule has 2 saturated heterocycles. The molecule has 1 spiro atoms. The minimum Gasteiger partial charge on any atom is -0.427 e. The molecule has 0 saturated carbocycles. The van der Waals surface area contributed by atoms with Crippen LogP contribution in [0.15, 0.2) is 79.0 Å². The van der Waals surface area contributed by atoms with Gasteiger partial charge in [0.2, 0.25) is 17.4 Å². The fraction of sp³-hybridized carbons (Fsp3) is 0.200. The lowest BCUT2D eigenvalue weighted by Crippen LogP contribution is -2.99. The van der Waals surface area contributed by atoms with Crippen molar-refractivity contribution in [1.82, 2.24) is 4.98 Å². The molecule has 3 amide bonds. The molecule has 194 valence electrons. The summed E-state index contributed by atoms with van der Waals surface area (Å²) < 4.78 is 5.11. The number of aromatic nitrogens is 1. The van der Waals surface area contributed by atoms with Crippen LogP contribution in [0.2, 0.25) is 0 Å². The van der Waals surface area contributed by atoms with E-state index in [1.807, 2.05) is 60.0 Å². The van der Waals surface area contributed by atoms with Crippen molar-refractivity contribution in [3.63, 3.8) is 0 Å². The monoisotopic (exact) mass is 521 g/mol. The van der Waals surface area contributed by atoms with Crippen molar-refractivity contribution in [3.05, 3.63) is 90.1 Å². The Balaban J connectivity index is 1.33. The summed E-state index contributed by atoms with van der Waals surface area (Å²) in [5.41, 5.74) is 2.53. The van der Waals surface area contributed by atoms with Crippen LogP contribution in [0.25, 0.3) is 10.9 Å². The summed E-state index contributed by atoms with van der Waals surface area (Å²) in [6, 6.07) is 21.2. The number of hydrogen-bond acceptors (Lipinski definition) is 5. The van der Waals surface area contributed by atoms with E-state index in [9.17, 15) is 19.2 Å². The largest absolute Gasteiger partial charge is 0.427 e. The number of nitrogens with one attached hydrogen (secondary N) is 2. The molecule has 3 unspecified atom stereocenters. The zero-order valence-corrected chi connectivity index (χ0v) is 21.0. The van der Waals surface area contributed by atoms with Gasteiger partial charge in [-0.3, -0.25) is 19.2 Å². The highest BCUT2D eigenvalue weighted by atomic mass is 16.5. The SMILES string of the molecule is CC(=O)Oc1ccc(N2C(=O)C3C(Cc4c[nH]c5ccccc45)[NH2+][C@]4(C(=O)Nc5ccccc54)C3C2=O)cc1. The van der Waals surface area contributed by atoms with E-state index in [1.165, 1.54) is 11.8 Å². The van der Waals surface area contributed by atoms with Gasteiger partial charge in [-0.05, 0) is 42.0 Å². The topological polar surface area (TPSA) is 125 Å². The van der Waals surface area contributed by atoms with Gasteiger partial charge < -0.3 is 20.4 Å². The van der Waals surface area contributed by atoms with Crippen molar-refractivity contribution in [2.75, 3.05) is 10.2 Å². The number of nitrogens with two attached hydrogens (primary N) is 1. The number of quaternary nitrogens is 1. The molecule has 3 aromatic carbocycles. The maximum Gasteiger partial charge on any atom is 0.308 e. The molecule has 0 aliphatic carbocycles. The van der Waals surface area contributed by atoms with E-state index in [2.05, 4.69) is 10.3 Å². The van der Waals surface area contributed by atoms with E-state index in [0.717, 1.165) is 22.0 Å². The molecular formula is C30H25N4O5+. The molecule has 4 N–H and O–H groups in total. The summed E-state index contributed by atoms with van der Waals surface area (Å²) >= 11 is 0. The van der Waals surface area contributed by atoms with Crippen LogP contribution in [0.4, 0.5) is 11.4 Å². The molecule has 4 aromatic rings. The summed E-state index contributed by atoms with van der Waals surface area (Å²) in [6.07, 6.45) is 2.44. The van der Waals surface area contributed by atoms with Gasteiger partial charge in [-0.1, -0.05) is 36.4 Å². The van der Waals surface area contributed by atoms with Gasteiger partial charge in [-0.2, -0.15) is 0 Å². The first-order valence-corrected chi connectivity index (χ1v) is 12.9. The Kier molecular flexibility index (Phi) is 5.02. The molecule has 1 aromatic heterocycles. The molecule has 0 bridgehead atoms. The highest BCUT2D eigenvalue weighted by Crippen LogP contribution is 2.50. The molecule has 7 rings (SSSR count). The Morgan fingerprint density at radius 2 is 1.72 bits per heavy atom. The number of aromatic amines is 1.